The highest BCUT2D eigenvalue weighted by atomic mass is 16.3. The molecule has 0 bridgehead atoms. The van der Waals surface area contributed by atoms with Crippen molar-refractivity contribution < 1.29 is 9.90 Å². The number of benzene rings is 1. The first-order valence-electron chi connectivity index (χ1n) is 9.85. The maximum absolute atomic E-state index is 13.3. The molecular formula is C20H27N5O2. The maximum Gasteiger partial charge on any atom is 0.254 e. The Labute approximate surface area is 159 Å². The number of hydrogen-bond acceptors (Lipinski definition) is 5. The number of aliphatic hydroxyl groups is 1. The predicted octanol–water partition coefficient (Wildman–Crippen LogP) is 1.78. The molecule has 0 aliphatic carbocycles. The minimum Gasteiger partial charge on any atom is -0.396 e. The maximum atomic E-state index is 13.3. The molecule has 0 spiro atoms. The summed E-state index contributed by atoms with van der Waals surface area (Å²) in [4.78, 5) is 22.0. The summed E-state index contributed by atoms with van der Waals surface area (Å²) >= 11 is 0. The summed E-state index contributed by atoms with van der Waals surface area (Å²) in [6, 6.07) is 8.01. The molecule has 27 heavy (non-hydrogen) atoms. The van der Waals surface area contributed by atoms with Crippen molar-refractivity contribution in [3.05, 3.63) is 36.2 Å². The molecule has 1 atom stereocenters. The van der Waals surface area contributed by atoms with Gasteiger partial charge in [-0.25, -0.2) is 4.98 Å². The van der Waals surface area contributed by atoms with Crippen LogP contribution < -0.4 is 0 Å². The smallest absolute Gasteiger partial charge is 0.254 e. The molecule has 7 nitrogen and oxygen atoms in total. The van der Waals surface area contributed by atoms with Crippen LogP contribution in [0.5, 0.6) is 0 Å². The second kappa shape index (κ2) is 8.19. The highest BCUT2D eigenvalue weighted by Gasteiger charge is 2.31. The number of aliphatic hydroxyl groups excluding tert-OH is 1. The van der Waals surface area contributed by atoms with E-state index in [2.05, 4.69) is 20.1 Å². The number of likely N-dealkylation sites (tertiary alicyclic amines) is 2. The number of aromatic amines is 1. The number of carbonyl (C=O) groups is 1. The number of piperidine rings is 2. The van der Waals surface area contributed by atoms with Gasteiger partial charge in [0.1, 0.15) is 6.33 Å². The van der Waals surface area contributed by atoms with Crippen LogP contribution in [0.2, 0.25) is 0 Å². The molecule has 3 heterocycles. The number of hydrogen-bond donors (Lipinski definition) is 2. The standard InChI is InChI=1S/C20H27N5O2/c26-13-15-7-10-24(11-8-15)16-4-3-9-25(12-16)20(27)18-6-2-1-5-17(18)19-21-14-22-23-19/h1-2,5-6,14-16,26H,3-4,7-13H2,(H,21,22,23)/t16-/m0/s1. The van der Waals surface area contributed by atoms with Crippen molar-refractivity contribution >= 4 is 5.91 Å². The van der Waals surface area contributed by atoms with Crippen molar-refractivity contribution in [2.45, 2.75) is 31.7 Å². The Bertz CT molecular complexity index is 755. The van der Waals surface area contributed by atoms with Gasteiger partial charge in [-0.2, -0.15) is 5.10 Å². The third-order valence-corrected chi connectivity index (χ3v) is 5.94. The molecule has 7 heteroatoms. The van der Waals surface area contributed by atoms with Crippen molar-refractivity contribution in [3.8, 4) is 11.4 Å². The Morgan fingerprint density at radius 3 is 2.74 bits per heavy atom. The SMILES string of the molecule is O=C(c1ccccc1-c1ncn[nH]1)N1CCC[C@H](N2CCC(CO)CC2)C1. The summed E-state index contributed by atoms with van der Waals surface area (Å²) in [7, 11) is 0. The van der Waals surface area contributed by atoms with E-state index in [4.69, 9.17) is 0 Å². The van der Waals surface area contributed by atoms with E-state index in [9.17, 15) is 9.90 Å². The molecule has 2 fully saturated rings. The van der Waals surface area contributed by atoms with Crippen LogP contribution in [0.1, 0.15) is 36.0 Å². The Kier molecular flexibility index (Phi) is 5.50. The number of amides is 1. The summed E-state index contributed by atoms with van der Waals surface area (Å²) in [6.45, 7) is 3.90. The van der Waals surface area contributed by atoms with Gasteiger partial charge >= 0.3 is 0 Å². The van der Waals surface area contributed by atoms with E-state index in [1.807, 2.05) is 29.2 Å². The molecule has 0 saturated carbocycles. The zero-order valence-corrected chi connectivity index (χ0v) is 15.5. The van der Waals surface area contributed by atoms with E-state index in [1.54, 1.807) is 0 Å². The fourth-order valence-electron chi connectivity index (χ4n) is 4.32. The second-order valence-corrected chi connectivity index (χ2v) is 7.59. The Morgan fingerprint density at radius 2 is 2.00 bits per heavy atom. The Hall–Kier alpha value is -2.25. The quantitative estimate of drug-likeness (QED) is 0.858. The zero-order chi connectivity index (χ0) is 18.6. The first kappa shape index (κ1) is 18.1. The number of carbonyl (C=O) groups excluding carboxylic acids is 1. The van der Waals surface area contributed by atoms with Gasteiger partial charge < -0.3 is 10.0 Å². The number of nitrogens with one attached hydrogen (secondary N) is 1. The number of aromatic nitrogens is 3. The van der Waals surface area contributed by atoms with Crippen molar-refractivity contribution in [2.75, 3.05) is 32.8 Å². The van der Waals surface area contributed by atoms with Gasteiger partial charge in [0.05, 0.1) is 5.56 Å². The molecule has 2 aromatic rings. The van der Waals surface area contributed by atoms with Crippen LogP contribution in [0.15, 0.2) is 30.6 Å². The van der Waals surface area contributed by atoms with E-state index in [-0.39, 0.29) is 5.91 Å². The third kappa shape index (κ3) is 3.89. The van der Waals surface area contributed by atoms with Crippen LogP contribution in [-0.4, -0.2) is 74.8 Å². The first-order valence-corrected chi connectivity index (χ1v) is 9.85. The first-order chi connectivity index (χ1) is 13.3. The van der Waals surface area contributed by atoms with E-state index in [0.717, 1.165) is 57.4 Å². The lowest BCUT2D eigenvalue weighted by Crippen LogP contribution is -2.52. The van der Waals surface area contributed by atoms with Gasteiger partial charge in [-0.1, -0.05) is 18.2 Å². The van der Waals surface area contributed by atoms with Gasteiger partial charge in [-0.15, -0.1) is 0 Å². The van der Waals surface area contributed by atoms with Crippen molar-refractivity contribution in [3.63, 3.8) is 0 Å². The monoisotopic (exact) mass is 369 g/mol. The highest BCUT2D eigenvalue weighted by Crippen LogP contribution is 2.26. The number of nitrogens with zero attached hydrogens (tertiary/aromatic N) is 4. The summed E-state index contributed by atoms with van der Waals surface area (Å²) in [5.41, 5.74) is 1.47. The lowest BCUT2D eigenvalue weighted by Gasteiger charge is -2.42. The predicted molar refractivity (Wildman–Crippen MR) is 102 cm³/mol. The van der Waals surface area contributed by atoms with Gasteiger partial charge in [0, 0.05) is 31.3 Å². The normalized spacial score (nSPS) is 22.1. The molecule has 144 valence electrons. The topological polar surface area (TPSA) is 85.4 Å². The minimum absolute atomic E-state index is 0.0666. The van der Waals surface area contributed by atoms with Crippen molar-refractivity contribution in [1.29, 1.82) is 0 Å². The van der Waals surface area contributed by atoms with Crippen LogP contribution in [0.25, 0.3) is 11.4 Å². The molecule has 1 aromatic heterocycles. The van der Waals surface area contributed by atoms with E-state index >= 15 is 0 Å². The number of H-pyrrole nitrogens is 1. The summed E-state index contributed by atoms with van der Waals surface area (Å²) in [5, 5.41) is 16.1. The van der Waals surface area contributed by atoms with Crippen LogP contribution in [-0.2, 0) is 0 Å². The average molecular weight is 369 g/mol. The molecule has 2 aliphatic rings. The van der Waals surface area contributed by atoms with Gasteiger partial charge in [0.2, 0.25) is 0 Å². The highest BCUT2D eigenvalue weighted by molar-refractivity contribution is 6.00. The molecule has 1 aromatic carbocycles. The Morgan fingerprint density at radius 1 is 1.19 bits per heavy atom. The van der Waals surface area contributed by atoms with Gasteiger partial charge in [-0.3, -0.25) is 14.8 Å². The fraction of sp³-hybridized carbons (Fsp3) is 0.550. The van der Waals surface area contributed by atoms with Crippen LogP contribution >= 0.6 is 0 Å². The molecule has 2 N–H and O–H groups in total. The molecule has 0 radical (unpaired) electrons. The van der Waals surface area contributed by atoms with Crippen LogP contribution in [0.3, 0.4) is 0 Å². The molecule has 1 amide bonds. The number of rotatable bonds is 4. The molecule has 2 saturated heterocycles. The second-order valence-electron chi connectivity index (χ2n) is 7.59. The lowest BCUT2D eigenvalue weighted by molar-refractivity contribution is 0.0446. The van der Waals surface area contributed by atoms with Gasteiger partial charge in [0.25, 0.3) is 5.91 Å². The summed E-state index contributed by atoms with van der Waals surface area (Å²) in [6.07, 6.45) is 5.73. The molecule has 4 rings (SSSR count). The van der Waals surface area contributed by atoms with Gasteiger partial charge in [-0.05, 0) is 50.8 Å². The third-order valence-electron chi connectivity index (χ3n) is 5.94. The average Bonchev–Trinajstić information content (AvgIpc) is 3.28. The summed E-state index contributed by atoms with van der Waals surface area (Å²) in [5.74, 6) is 1.13. The van der Waals surface area contributed by atoms with E-state index in [1.165, 1.54) is 6.33 Å². The Balaban J connectivity index is 1.47. The molecule has 0 unspecified atom stereocenters. The van der Waals surface area contributed by atoms with Crippen LogP contribution in [0, 0.1) is 5.92 Å². The molecular weight excluding hydrogens is 342 g/mol. The van der Waals surface area contributed by atoms with E-state index in [0.29, 0.717) is 30.0 Å². The fourth-order valence-corrected chi connectivity index (χ4v) is 4.32. The lowest BCUT2D eigenvalue weighted by atomic mass is 9.94. The zero-order valence-electron chi connectivity index (χ0n) is 15.5. The summed E-state index contributed by atoms with van der Waals surface area (Å²) < 4.78 is 0. The molecule has 2 aliphatic heterocycles. The van der Waals surface area contributed by atoms with Crippen molar-refractivity contribution in [1.82, 2.24) is 25.0 Å². The van der Waals surface area contributed by atoms with Crippen molar-refractivity contribution in [2.24, 2.45) is 5.92 Å². The largest absolute Gasteiger partial charge is 0.396 e. The van der Waals surface area contributed by atoms with E-state index < -0.39 is 0 Å². The minimum atomic E-state index is 0.0666. The van der Waals surface area contributed by atoms with Crippen LogP contribution in [0.4, 0.5) is 0 Å². The van der Waals surface area contributed by atoms with Gasteiger partial charge in [0.15, 0.2) is 5.82 Å².